The van der Waals surface area contributed by atoms with E-state index in [-0.39, 0.29) is 41.4 Å². The van der Waals surface area contributed by atoms with Gasteiger partial charge in [-0.2, -0.15) is 13.2 Å². The summed E-state index contributed by atoms with van der Waals surface area (Å²) in [5.41, 5.74) is 6.05. The predicted octanol–water partition coefficient (Wildman–Crippen LogP) is 3.79. The molecule has 0 radical (unpaired) electrons. The lowest BCUT2D eigenvalue weighted by Gasteiger charge is -2.46. The Morgan fingerprint density at radius 3 is 2.30 bits per heavy atom. The Labute approximate surface area is 250 Å². The average Bonchev–Trinajstić information content (AvgIpc) is 3.57. The van der Waals surface area contributed by atoms with Crippen LogP contribution in [-0.2, 0) is 17.5 Å². The predicted molar refractivity (Wildman–Crippen MR) is 156 cm³/mol. The van der Waals surface area contributed by atoms with E-state index in [1.165, 1.54) is 35.9 Å². The highest BCUT2D eigenvalue weighted by molar-refractivity contribution is 5.73. The number of alkyl halides is 3. The summed E-state index contributed by atoms with van der Waals surface area (Å²) in [5.74, 6) is 1.53. The monoisotopic (exact) mass is 603 g/mol. The van der Waals surface area contributed by atoms with Crippen LogP contribution in [0.3, 0.4) is 0 Å². The molecule has 5 heterocycles. The molecule has 236 valence electrons. The zero-order valence-corrected chi connectivity index (χ0v) is 25.2. The topological polar surface area (TPSA) is 77.3 Å². The maximum Gasteiger partial charge on any atom is 0.418 e. The van der Waals surface area contributed by atoms with Crippen molar-refractivity contribution >= 4 is 11.4 Å². The van der Waals surface area contributed by atoms with Crippen LogP contribution in [0.25, 0.3) is 5.52 Å². The van der Waals surface area contributed by atoms with E-state index in [0.29, 0.717) is 43.0 Å². The zero-order valence-electron chi connectivity index (χ0n) is 25.2. The number of hydrogen-bond donors (Lipinski definition) is 2. The highest BCUT2D eigenvalue weighted by Crippen LogP contribution is 2.47. The number of nitrogens with zero attached hydrogens (tertiary/aromatic N) is 5. The fourth-order valence-corrected chi connectivity index (χ4v) is 8.96. The van der Waals surface area contributed by atoms with Crippen LogP contribution in [0.15, 0.2) is 23.3 Å². The van der Waals surface area contributed by atoms with Crippen LogP contribution < -0.4 is 16.5 Å². The minimum atomic E-state index is -4.58. The first kappa shape index (κ1) is 29.3. The molecular formula is C31H44F3N7O2. The molecule has 1 amide bonds. The van der Waals surface area contributed by atoms with Crippen molar-refractivity contribution in [3.63, 3.8) is 0 Å². The smallest absolute Gasteiger partial charge is 0.340 e. The van der Waals surface area contributed by atoms with Crippen molar-refractivity contribution in [3.8, 4) is 0 Å². The van der Waals surface area contributed by atoms with Gasteiger partial charge in [-0.25, -0.2) is 15.6 Å². The number of carbonyl (C=O) groups is 1. The number of rotatable bonds is 6. The summed E-state index contributed by atoms with van der Waals surface area (Å²) in [7, 11) is 2.12. The molecule has 2 N–H and O–H groups in total. The van der Waals surface area contributed by atoms with E-state index in [1.54, 1.807) is 17.7 Å². The zero-order chi connectivity index (χ0) is 30.0. The van der Waals surface area contributed by atoms with Crippen LogP contribution in [0, 0.1) is 17.8 Å². The lowest BCUT2D eigenvalue weighted by atomic mass is 9.65. The maximum absolute atomic E-state index is 14.5. The minimum absolute atomic E-state index is 0.0392. The normalized spacial score (nSPS) is 31.6. The van der Waals surface area contributed by atoms with Crippen molar-refractivity contribution in [2.45, 2.75) is 102 Å². The Morgan fingerprint density at radius 1 is 1.00 bits per heavy atom. The summed E-state index contributed by atoms with van der Waals surface area (Å²) in [6.45, 7) is 3.89. The lowest BCUT2D eigenvalue weighted by molar-refractivity contribution is -0.136. The number of aromatic nitrogens is 2. The van der Waals surface area contributed by atoms with Gasteiger partial charge in [-0.1, -0.05) is 25.7 Å². The molecule has 5 aliphatic rings. The summed E-state index contributed by atoms with van der Waals surface area (Å²) in [6.07, 6.45) is 7.94. The number of hydrazine groups is 1. The van der Waals surface area contributed by atoms with E-state index >= 15 is 0 Å². The quantitative estimate of drug-likeness (QED) is 0.524. The van der Waals surface area contributed by atoms with Crippen LogP contribution in [0.5, 0.6) is 0 Å². The molecule has 2 aliphatic carbocycles. The third-order valence-electron chi connectivity index (χ3n) is 11.3. The van der Waals surface area contributed by atoms with Gasteiger partial charge in [0.15, 0.2) is 0 Å². The fraction of sp³-hybridized carbons (Fsp3) is 0.742. The molecule has 2 bridgehead atoms. The van der Waals surface area contributed by atoms with E-state index in [4.69, 9.17) is 0 Å². The molecular weight excluding hydrogens is 559 g/mol. The van der Waals surface area contributed by atoms with Gasteiger partial charge in [-0.05, 0) is 68.5 Å². The second kappa shape index (κ2) is 11.2. The summed E-state index contributed by atoms with van der Waals surface area (Å²) in [5, 5.41) is 0. The highest BCUT2D eigenvalue weighted by atomic mass is 19.4. The van der Waals surface area contributed by atoms with Gasteiger partial charge in [0.05, 0.1) is 23.9 Å². The van der Waals surface area contributed by atoms with E-state index in [2.05, 4.69) is 27.7 Å². The van der Waals surface area contributed by atoms with E-state index in [9.17, 15) is 22.8 Å². The first-order valence-corrected chi connectivity index (χ1v) is 16.1. The Kier molecular flexibility index (Phi) is 7.63. The van der Waals surface area contributed by atoms with Crippen LogP contribution in [0.4, 0.5) is 13.2 Å². The fourth-order valence-electron chi connectivity index (χ4n) is 8.96. The van der Waals surface area contributed by atoms with Crippen LogP contribution >= 0.6 is 0 Å². The molecule has 5 unspecified atom stereocenters. The largest absolute Gasteiger partial charge is 0.418 e. The van der Waals surface area contributed by atoms with Crippen molar-refractivity contribution in [1.29, 1.82) is 0 Å². The first-order valence-electron chi connectivity index (χ1n) is 16.1. The molecule has 5 fully saturated rings. The van der Waals surface area contributed by atoms with E-state index < -0.39 is 11.7 Å². The highest BCUT2D eigenvalue weighted by Gasteiger charge is 2.44. The summed E-state index contributed by atoms with van der Waals surface area (Å²) < 4.78 is 46.3. The number of hydrogen-bond acceptors (Lipinski definition) is 6. The Balaban J connectivity index is 1.18. The van der Waals surface area contributed by atoms with Gasteiger partial charge in [0.25, 0.3) is 0 Å². The molecule has 2 aromatic rings. The van der Waals surface area contributed by atoms with Gasteiger partial charge in [0, 0.05) is 57.1 Å². The summed E-state index contributed by atoms with van der Waals surface area (Å²) >= 11 is 0. The SMILES string of the molecule is CC(=O)N1CC2CCC(C1)N2Cc1cc(C(F)(F)F)c2cn(C3CCCC([C@H](C4CCC4)C4NNCN4C)C3)c(=O)n2c1. The van der Waals surface area contributed by atoms with Crippen molar-refractivity contribution in [1.82, 2.24) is 34.5 Å². The standard InChI is InChI=1S/C31H44F3N7O2/c1-19(42)38-15-24-9-10-25(16-38)39(24)13-20-11-26(31(32,33)34)27-17-40(30(43)41(27)14-20)23-8-4-7-22(12-23)28(21-5-3-6-21)29-36-35-18-37(29)2/h11,14,17,21-25,28-29,35-36H,3-10,12-13,15-16,18H2,1-2H3/t22?,23?,24?,25?,28-,29?/m0/s1. The Morgan fingerprint density at radius 2 is 1.70 bits per heavy atom. The van der Waals surface area contributed by atoms with Gasteiger partial charge in [0.2, 0.25) is 5.91 Å². The van der Waals surface area contributed by atoms with Crippen molar-refractivity contribution < 1.29 is 18.0 Å². The van der Waals surface area contributed by atoms with Gasteiger partial charge in [-0.3, -0.25) is 23.6 Å². The molecule has 9 nitrogen and oxygen atoms in total. The Bertz CT molecular complexity index is 1400. The maximum atomic E-state index is 14.5. The number of fused-ring (bicyclic) bond motifs is 3. The second-order valence-electron chi connectivity index (χ2n) is 13.8. The summed E-state index contributed by atoms with van der Waals surface area (Å²) in [4.78, 5) is 32.2. The van der Waals surface area contributed by atoms with Gasteiger partial charge in [-0.15, -0.1) is 0 Å². The van der Waals surface area contributed by atoms with Crippen molar-refractivity contribution in [3.05, 3.63) is 40.1 Å². The molecule has 2 saturated carbocycles. The number of likely N-dealkylation sites (tertiary alicyclic amines) is 1. The molecule has 12 heteroatoms. The number of amides is 1. The van der Waals surface area contributed by atoms with Gasteiger partial charge >= 0.3 is 11.9 Å². The molecule has 7 rings (SSSR count). The molecule has 6 atom stereocenters. The molecule has 3 aliphatic heterocycles. The summed E-state index contributed by atoms with van der Waals surface area (Å²) in [6, 6.07) is 1.37. The number of halogens is 3. The van der Waals surface area contributed by atoms with Gasteiger partial charge in [0.1, 0.15) is 0 Å². The number of imidazole rings is 1. The van der Waals surface area contributed by atoms with Crippen molar-refractivity contribution in [2.75, 3.05) is 26.8 Å². The van der Waals surface area contributed by atoms with E-state index in [0.717, 1.165) is 45.2 Å². The molecule has 3 saturated heterocycles. The lowest BCUT2D eigenvalue weighted by Crippen LogP contribution is -2.54. The number of carbonyl (C=O) groups excluding carboxylic acids is 1. The molecule has 0 spiro atoms. The van der Waals surface area contributed by atoms with Crippen LogP contribution in [-0.4, -0.2) is 74.6 Å². The Hall–Kier alpha value is -2.41. The van der Waals surface area contributed by atoms with Gasteiger partial charge < -0.3 is 4.90 Å². The average molecular weight is 604 g/mol. The number of piperazine rings is 1. The third kappa shape index (κ3) is 5.32. The molecule has 0 aromatic carbocycles. The number of nitrogens with one attached hydrogen (secondary N) is 2. The van der Waals surface area contributed by atoms with Crippen LogP contribution in [0.1, 0.15) is 81.9 Å². The molecule has 2 aromatic heterocycles. The minimum Gasteiger partial charge on any atom is -0.340 e. The second-order valence-corrected chi connectivity index (χ2v) is 13.8. The van der Waals surface area contributed by atoms with Crippen molar-refractivity contribution in [2.24, 2.45) is 17.8 Å². The third-order valence-corrected chi connectivity index (χ3v) is 11.3. The number of pyridine rings is 1. The first-order chi connectivity index (χ1) is 20.6. The molecule has 43 heavy (non-hydrogen) atoms. The van der Waals surface area contributed by atoms with E-state index in [1.807, 2.05) is 4.90 Å². The van der Waals surface area contributed by atoms with Crippen LogP contribution in [0.2, 0.25) is 0 Å².